The van der Waals surface area contributed by atoms with E-state index in [1.807, 2.05) is 48.5 Å². The van der Waals surface area contributed by atoms with E-state index in [1.54, 1.807) is 11.0 Å². The normalized spacial score (nSPS) is 13.3. The Morgan fingerprint density at radius 3 is 2.62 bits per heavy atom. The third-order valence-corrected chi connectivity index (χ3v) is 6.07. The second-order valence-electron chi connectivity index (χ2n) is 6.90. The van der Waals surface area contributed by atoms with Gasteiger partial charge in [0, 0.05) is 35.2 Å². The zero-order valence-corrected chi connectivity index (χ0v) is 16.3. The van der Waals surface area contributed by atoms with Gasteiger partial charge in [0.25, 0.3) is 5.91 Å². The molecule has 1 N–H and O–H groups in total. The van der Waals surface area contributed by atoms with E-state index in [2.05, 4.69) is 22.9 Å². The summed E-state index contributed by atoms with van der Waals surface area (Å²) in [6.07, 6.45) is 0.176. The molecule has 2 amide bonds. The van der Waals surface area contributed by atoms with E-state index < -0.39 is 0 Å². The highest BCUT2D eigenvalue weighted by Gasteiger charge is 2.30. The highest BCUT2D eigenvalue weighted by atomic mass is 32.1. The van der Waals surface area contributed by atoms with Crippen LogP contribution in [0.4, 0.5) is 5.13 Å². The number of aromatic nitrogens is 1. The molecule has 29 heavy (non-hydrogen) atoms. The van der Waals surface area contributed by atoms with Crippen molar-refractivity contribution in [2.75, 3.05) is 11.9 Å². The molecule has 1 aliphatic rings. The van der Waals surface area contributed by atoms with Crippen molar-refractivity contribution >= 4 is 55.0 Å². The SMILES string of the molecule is C=C1c2ccccc2C(=O)N1CCC(=O)Nc1nc2c(ccc3ccccc32)s1. The predicted molar refractivity (Wildman–Crippen MR) is 117 cm³/mol. The Morgan fingerprint density at radius 1 is 1.03 bits per heavy atom. The first-order valence-corrected chi connectivity index (χ1v) is 10.1. The lowest BCUT2D eigenvalue weighted by molar-refractivity contribution is -0.116. The van der Waals surface area contributed by atoms with Crippen LogP contribution in [0.15, 0.2) is 67.2 Å². The summed E-state index contributed by atoms with van der Waals surface area (Å²) < 4.78 is 1.03. The van der Waals surface area contributed by atoms with Gasteiger partial charge in [-0.05, 0) is 17.5 Å². The molecule has 5 nitrogen and oxygen atoms in total. The molecule has 142 valence electrons. The lowest BCUT2D eigenvalue weighted by Crippen LogP contribution is -2.27. The molecule has 0 bridgehead atoms. The second-order valence-corrected chi connectivity index (χ2v) is 7.93. The number of thiazole rings is 1. The van der Waals surface area contributed by atoms with Crippen LogP contribution in [0.5, 0.6) is 0 Å². The first kappa shape index (κ1) is 17.6. The van der Waals surface area contributed by atoms with Crippen molar-refractivity contribution in [2.45, 2.75) is 6.42 Å². The van der Waals surface area contributed by atoms with Crippen molar-refractivity contribution in [3.05, 3.63) is 78.4 Å². The fourth-order valence-electron chi connectivity index (χ4n) is 3.68. The fourth-order valence-corrected chi connectivity index (χ4v) is 4.58. The number of hydrogen-bond donors (Lipinski definition) is 1. The molecule has 2 heterocycles. The van der Waals surface area contributed by atoms with Crippen LogP contribution in [0.2, 0.25) is 0 Å². The van der Waals surface area contributed by atoms with Crippen LogP contribution in [0.1, 0.15) is 22.3 Å². The van der Waals surface area contributed by atoms with Crippen LogP contribution >= 0.6 is 11.3 Å². The summed E-state index contributed by atoms with van der Waals surface area (Å²) in [6.45, 7) is 4.29. The average molecular weight is 399 g/mol. The van der Waals surface area contributed by atoms with Crippen LogP contribution in [0.25, 0.3) is 26.7 Å². The lowest BCUT2D eigenvalue weighted by Gasteiger charge is -2.16. The second kappa shape index (κ2) is 6.83. The van der Waals surface area contributed by atoms with Gasteiger partial charge < -0.3 is 10.2 Å². The van der Waals surface area contributed by atoms with E-state index in [-0.39, 0.29) is 24.8 Å². The quantitative estimate of drug-likeness (QED) is 0.531. The molecule has 0 fully saturated rings. The molecule has 1 aliphatic heterocycles. The third kappa shape index (κ3) is 2.98. The molecule has 0 spiro atoms. The number of amides is 2. The van der Waals surface area contributed by atoms with Gasteiger partial charge in [-0.25, -0.2) is 4.98 Å². The van der Waals surface area contributed by atoms with Crippen molar-refractivity contribution < 1.29 is 9.59 Å². The Hall–Kier alpha value is -3.51. The van der Waals surface area contributed by atoms with Gasteiger partial charge in [0.1, 0.15) is 0 Å². The van der Waals surface area contributed by atoms with E-state index in [0.717, 1.165) is 26.6 Å². The number of fused-ring (bicyclic) bond motifs is 4. The minimum Gasteiger partial charge on any atom is -0.308 e. The minimum atomic E-state index is -0.176. The van der Waals surface area contributed by atoms with Crippen molar-refractivity contribution in [3.8, 4) is 0 Å². The van der Waals surface area contributed by atoms with Crippen molar-refractivity contribution in [3.63, 3.8) is 0 Å². The molecular formula is C23H17N3O2S. The molecule has 0 radical (unpaired) electrons. The Balaban J connectivity index is 1.30. The lowest BCUT2D eigenvalue weighted by atomic mass is 10.1. The summed E-state index contributed by atoms with van der Waals surface area (Å²) in [7, 11) is 0. The van der Waals surface area contributed by atoms with Crippen LogP contribution in [-0.2, 0) is 4.79 Å². The minimum absolute atomic E-state index is 0.107. The highest BCUT2D eigenvalue weighted by Crippen LogP contribution is 2.33. The van der Waals surface area contributed by atoms with Gasteiger partial charge in [-0.2, -0.15) is 0 Å². The molecular weight excluding hydrogens is 382 g/mol. The van der Waals surface area contributed by atoms with Crippen LogP contribution < -0.4 is 5.32 Å². The molecule has 5 rings (SSSR count). The molecule has 0 aliphatic carbocycles. The van der Waals surface area contributed by atoms with E-state index >= 15 is 0 Å². The monoisotopic (exact) mass is 399 g/mol. The largest absolute Gasteiger partial charge is 0.308 e. The van der Waals surface area contributed by atoms with E-state index in [9.17, 15) is 9.59 Å². The first-order chi connectivity index (χ1) is 14.1. The van der Waals surface area contributed by atoms with Gasteiger partial charge in [0.05, 0.1) is 10.2 Å². The number of carbonyl (C=O) groups excluding carboxylic acids is 2. The Labute approximate surface area is 171 Å². The topological polar surface area (TPSA) is 62.3 Å². The van der Waals surface area contributed by atoms with Crippen molar-refractivity contribution in [1.29, 1.82) is 0 Å². The van der Waals surface area contributed by atoms with Crippen molar-refractivity contribution in [1.82, 2.24) is 9.88 Å². The van der Waals surface area contributed by atoms with Gasteiger partial charge in [0.2, 0.25) is 5.91 Å². The summed E-state index contributed by atoms with van der Waals surface area (Å²) >= 11 is 1.45. The zero-order chi connectivity index (χ0) is 20.0. The van der Waals surface area contributed by atoms with Crippen LogP contribution in [0, 0.1) is 0 Å². The maximum Gasteiger partial charge on any atom is 0.258 e. The average Bonchev–Trinajstić information content (AvgIpc) is 3.26. The van der Waals surface area contributed by atoms with E-state index in [1.165, 1.54) is 11.3 Å². The smallest absolute Gasteiger partial charge is 0.258 e. The van der Waals surface area contributed by atoms with Gasteiger partial charge in [-0.1, -0.05) is 66.4 Å². The van der Waals surface area contributed by atoms with Crippen molar-refractivity contribution in [2.24, 2.45) is 0 Å². The number of nitrogens with zero attached hydrogens (tertiary/aromatic N) is 2. The summed E-state index contributed by atoms with van der Waals surface area (Å²) in [5.74, 6) is -0.283. The maximum absolute atomic E-state index is 12.5. The molecule has 0 unspecified atom stereocenters. The molecule has 0 atom stereocenters. The molecule has 0 saturated heterocycles. The Bertz CT molecular complexity index is 1270. The van der Waals surface area contributed by atoms with Gasteiger partial charge in [0.15, 0.2) is 5.13 Å². The number of rotatable bonds is 4. The number of carbonyl (C=O) groups is 2. The fraction of sp³-hybridized carbons (Fsp3) is 0.0870. The summed E-state index contributed by atoms with van der Waals surface area (Å²) in [4.78, 5) is 31.2. The van der Waals surface area contributed by atoms with E-state index in [0.29, 0.717) is 16.4 Å². The standard InChI is InChI=1S/C23H17N3O2S/c1-14-16-7-4-5-9-18(16)22(28)26(14)13-12-20(27)24-23-25-21-17-8-3-2-6-15(17)10-11-19(21)29-23/h2-11H,1,12-13H2,(H,24,25,27). The number of hydrogen-bond acceptors (Lipinski definition) is 4. The molecule has 4 aromatic rings. The Morgan fingerprint density at radius 2 is 1.79 bits per heavy atom. The highest BCUT2D eigenvalue weighted by molar-refractivity contribution is 7.22. The number of anilines is 1. The maximum atomic E-state index is 12.5. The Kier molecular flexibility index (Phi) is 4.14. The summed E-state index contributed by atoms with van der Waals surface area (Å²) in [6, 6.07) is 19.5. The molecule has 0 saturated carbocycles. The summed E-state index contributed by atoms with van der Waals surface area (Å²) in [5.41, 5.74) is 3.00. The number of benzene rings is 3. The number of nitrogens with one attached hydrogen (secondary N) is 1. The van der Waals surface area contributed by atoms with Gasteiger partial charge >= 0.3 is 0 Å². The van der Waals surface area contributed by atoms with Gasteiger partial charge in [-0.15, -0.1) is 0 Å². The predicted octanol–water partition coefficient (Wildman–Crippen LogP) is 4.90. The van der Waals surface area contributed by atoms with Gasteiger partial charge in [-0.3, -0.25) is 9.59 Å². The summed E-state index contributed by atoms with van der Waals surface area (Å²) in [5, 5.41) is 5.62. The third-order valence-electron chi connectivity index (χ3n) is 5.13. The van der Waals surface area contributed by atoms with E-state index in [4.69, 9.17) is 0 Å². The first-order valence-electron chi connectivity index (χ1n) is 9.30. The molecule has 3 aromatic carbocycles. The zero-order valence-electron chi connectivity index (χ0n) is 15.5. The van der Waals surface area contributed by atoms with Crippen LogP contribution in [0.3, 0.4) is 0 Å². The van der Waals surface area contributed by atoms with Crippen LogP contribution in [-0.4, -0.2) is 28.2 Å². The molecule has 6 heteroatoms. The molecule has 1 aromatic heterocycles.